The summed E-state index contributed by atoms with van der Waals surface area (Å²) in [5, 5.41) is 7.78. The smallest absolute Gasteiger partial charge is 0.194 e. The second-order valence-corrected chi connectivity index (χ2v) is 7.02. The minimum absolute atomic E-state index is 0.800. The Bertz CT molecular complexity index is 764. The van der Waals surface area contributed by atoms with E-state index >= 15 is 0 Å². The van der Waals surface area contributed by atoms with Crippen molar-refractivity contribution >= 4 is 11.6 Å². The standard InChI is InChI=1S/C21H32N6O/c1-4-22-21(23-10-7-11-27-17-18(2)16-24-27)26-14-12-25(13-15-26)19-8-5-6-9-20(19)28-3/h5-6,8-9,16-17H,4,7,10-15H2,1-3H3,(H,22,23). The topological polar surface area (TPSA) is 57.9 Å². The zero-order chi connectivity index (χ0) is 19.8. The second kappa shape index (κ2) is 10.0. The number of rotatable bonds is 7. The van der Waals surface area contributed by atoms with E-state index in [4.69, 9.17) is 9.73 Å². The summed E-state index contributed by atoms with van der Waals surface area (Å²) in [5.41, 5.74) is 2.37. The Labute approximate surface area is 168 Å². The Hall–Kier alpha value is -2.70. The summed E-state index contributed by atoms with van der Waals surface area (Å²) in [4.78, 5) is 9.58. The molecule has 2 heterocycles. The number of ether oxygens (including phenoxy) is 1. The lowest BCUT2D eigenvalue weighted by Gasteiger charge is -2.38. The molecule has 152 valence electrons. The minimum atomic E-state index is 0.800. The Kier molecular flexibility index (Phi) is 7.17. The highest BCUT2D eigenvalue weighted by Crippen LogP contribution is 2.28. The first-order chi connectivity index (χ1) is 13.7. The quantitative estimate of drug-likeness (QED) is 0.451. The molecule has 0 spiro atoms. The Morgan fingerprint density at radius 1 is 1.21 bits per heavy atom. The molecule has 0 atom stereocenters. The van der Waals surface area contributed by atoms with E-state index < -0.39 is 0 Å². The van der Waals surface area contributed by atoms with Crippen molar-refractivity contribution in [1.29, 1.82) is 0 Å². The maximum Gasteiger partial charge on any atom is 0.194 e. The highest BCUT2D eigenvalue weighted by Gasteiger charge is 2.21. The van der Waals surface area contributed by atoms with E-state index in [1.165, 1.54) is 11.3 Å². The lowest BCUT2D eigenvalue weighted by molar-refractivity contribution is 0.367. The van der Waals surface area contributed by atoms with Gasteiger partial charge in [-0.05, 0) is 38.0 Å². The number of benzene rings is 1. The average Bonchev–Trinajstić information content (AvgIpc) is 3.15. The van der Waals surface area contributed by atoms with Gasteiger partial charge in [0.15, 0.2) is 5.96 Å². The molecule has 7 nitrogen and oxygen atoms in total. The van der Waals surface area contributed by atoms with E-state index in [1.807, 2.05) is 23.0 Å². The molecule has 0 bridgehead atoms. The van der Waals surface area contributed by atoms with Crippen molar-refractivity contribution in [3.63, 3.8) is 0 Å². The van der Waals surface area contributed by atoms with Crippen molar-refractivity contribution in [3.8, 4) is 5.75 Å². The van der Waals surface area contributed by atoms with Gasteiger partial charge in [-0.3, -0.25) is 9.67 Å². The van der Waals surface area contributed by atoms with Gasteiger partial charge in [0.05, 0.1) is 19.0 Å². The molecule has 2 aromatic rings. The van der Waals surface area contributed by atoms with Gasteiger partial charge >= 0.3 is 0 Å². The summed E-state index contributed by atoms with van der Waals surface area (Å²) in [6.07, 6.45) is 4.96. The monoisotopic (exact) mass is 384 g/mol. The molecule has 1 fully saturated rings. The van der Waals surface area contributed by atoms with Gasteiger partial charge in [0.1, 0.15) is 5.75 Å². The predicted octanol–water partition coefficient (Wildman–Crippen LogP) is 2.38. The molecule has 0 amide bonds. The lowest BCUT2D eigenvalue weighted by Crippen LogP contribution is -2.52. The zero-order valence-electron chi connectivity index (χ0n) is 17.3. The van der Waals surface area contributed by atoms with Gasteiger partial charge in [-0.2, -0.15) is 5.10 Å². The molecule has 3 rings (SSSR count). The number of hydrogen-bond acceptors (Lipinski definition) is 4. The SMILES string of the molecule is CCNC(=NCCCn1cc(C)cn1)N1CCN(c2ccccc2OC)CC1. The highest BCUT2D eigenvalue weighted by atomic mass is 16.5. The van der Waals surface area contributed by atoms with E-state index in [2.05, 4.69) is 52.4 Å². The van der Waals surface area contributed by atoms with E-state index in [0.717, 1.165) is 63.9 Å². The van der Waals surface area contributed by atoms with Crippen LogP contribution in [0.4, 0.5) is 5.69 Å². The fourth-order valence-electron chi connectivity index (χ4n) is 3.48. The Balaban J connectivity index is 1.53. The van der Waals surface area contributed by atoms with Crippen LogP contribution in [-0.2, 0) is 6.54 Å². The van der Waals surface area contributed by atoms with Crippen molar-refractivity contribution < 1.29 is 4.74 Å². The maximum atomic E-state index is 5.52. The number of aryl methyl sites for hydroxylation is 2. The van der Waals surface area contributed by atoms with Crippen molar-refractivity contribution in [2.45, 2.75) is 26.8 Å². The molecular weight excluding hydrogens is 352 g/mol. The van der Waals surface area contributed by atoms with E-state index in [1.54, 1.807) is 7.11 Å². The largest absolute Gasteiger partial charge is 0.495 e. The van der Waals surface area contributed by atoms with Crippen LogP contribution in [0.5, 0.6) is 5.75 Å². The molecular formula is C21H32N6O. The van der Waals surface area contributed by atoms with Crippen LogP contribution in [0.15, 0.2) is 41.7 Å². The molecule has 1 aliphatic heterocycles. The van der Waals surface area contributed by atoms with Gasteiger partial charge < -0.3 is 19.9 Å². The molecule has 1 aromatic heterocycles. The van der Waals surface area contributed by atoms with Crippen molar-refractivity contribution in [2.75, 3.05) is 51.3 Å². The van der Waals surface area contributed by atoms with Crippen molar-refractivity contribution in [3.05, 3.63) is 42.2 Å². The summed E-state index contributed by atoms with van der Waals surface area (Å²) >= 11 is 0. The lowest BCUT2D eigenvalue weighted by atomic mass is 10.2. The molecule has 0 unspecified atom stereocenters. The van der Waals surface area contributed by atoms with Gasteiger partial charge in [0.25, 0.3) is 0 Å². The first kappa shape index (κ1) is 20.0. The molecule has 7 heteroatoms. The van der Waals surface area contributed by atoms with Crippen LogP contribution in [0.3, 0.4) is 0 Å². The minimum Gasteiger partial charge on any atom is -0.495 e. The number of methoxy groups -OCH3 is 1. The second-order valence-electron chi connectivity index (χ2n) is 7.02. The summed E-state index contributed by atoms with van der Waals surface area (Å²) in [7, 11) is 1.73. The Morgan fingerprint density at radius 3 is 2.68 bits per heavy atom. The van der Waals surface area contributed by atoms with Crippen LogP contribution in [0.2, 0.25) is 0 Å². The third-order valence-electron chi connectivity index (χ3n) is 4.91. The first-order valence-electron chi connectivity index (χ1n) is 10.1. The van der Waals surface area contributed by atoms with Crippen LogP contribution >= 0.6 is 0 Å². The number of nitrogens with one attached hydrogen (secondary N) is 1. The molecule has 1 N–H and O–H groups in total. The number of nitrogens with zero attached hydrogens (tertiary/aromatic N) is 5. The van der Waals surface area contributed by atoms with Crippen LogP contribution in [0.1, 0.15) is 18.9 Å². The van der Waals surface area contributed by atoms with Gasteiger partial charge in [0, 0.05) is 52.0 Å². The molecule has 1 aromatic carbocycles. The van der Waals surface area contributed by atoms with Crippen molar-refractivity contribution in [2.24, 2.45) is 4.99 Å². The number of para-hydroxylation sites is 2. The fourth-order valence-corrected chi connectivity index (χ4v) is 3.48. The highest BCUT2D eigenvalue weighted by molar-refractivity contribution is 5.80. The summed E-state index contributed by atoms with van der Waals surface area (Å²) < 4.78 is 7.51. The molecule has 0 radical (unpaired) electrons. The number of aliphatic imine (C=N–C) groups is 1. The van der Waals surface area contributed by atoms with Crippen LogP contribution in [0.25, 0.3) is 0 Å². The zero-order valence-corrected chi connectivity index (χ0v) is 17.3. The third-order valence-corrected chi connectivity index (χ3v) is 4.91. The van der Waals surface area contributed by atoms with Gasteiger partial charge in [-0.25, -0.2) is 0 Å². The molecule has 0 aliphatic carbocycles. The van der Waals surface area contributed by atoms with E-state index in [9.17, 15) is 0 Å². The number of guanidine groups is 1. The fraction of sp³-hybridized carbons (Fsp3) is 0.524. The summed E-state index contributed by atoms with van der Waals surface area (Å²) in [6, 6.07) is 8.23. The van der Waals surface area contributed by atoms with Crippen LogP contribution in [-0.4, -0.2) is 67.0 Å². The number of aromatic nitrogens is 2. The molecule has 0 saturated carbocycles. The Morgan fingerprint density at radius 2 is 2.00 bits per heavy atom. The van der Waals surface area contributed by atoms with E-state index in [0.29, 0.717) is 0 Å². The normalized spacial score (nSPS) is 15.0. The number of hydrogen-bond donors (Lipinski definition) is 1. The molecule has 1 saturated heterocycles. The number of piperazine rings is 1. The summed E-state index contributed by atoms with van der Waals surface area (Å²) in [5.74, 6) is 1.95. The maximum absolute atomic E-state index is 5.52. The number of anilines is 1. The van der Waals surface area contributed by atoms with Gasteiger partial charge in [0.2, 0.25) is 0 Å². The van der Waals surface area contributed by atoms with Gasteiger partial charge in [-0.1, -0.05) is 12.1 Å². The molecule has 1 aliphatic rings. The van der Waals surface area contributed by atoms with Crippen molar-refractivity contribution in [1.82, 2.24) is 20.0 Å². The third kappa shape index (κ3) is 5.18. The van der Waals surface area contributed by atoms with Gasteiger partial charge in [-0.15, -0.1) is 0 Å². The van der Waals surface area contributed by atoms with E-state index in [-0.39, 0.29) is 0 Å². The predicted molar refractivity (Wildman–Crippen MR) is 114 cm³/mol. The molecule has 28 heavy (non-hydrogen) atoms. The van der Waals surface area contributed by atoms with Crippen LogP contribution < -0.4 is 15.0 Å². The first-order valence-corrected chi connectivity index (χ1v) is 10.1. The van der Waals surface area contributed by atoms with Crippen LogP contribution in [0, 0.1) is 6.92 Å². The summed E-state index contributed by atoms with van der Waals surface area (Å²) in [6.45, 7) is 10.6. The average molecular weight is 385 g/mol.